The standard InChI is InChI=1S/C29H32F3N5O3S.CH4/c1-17-5-6-20(12-21(17)29(30,31)32)27-24(16-37-9-3-4-18(37)2)41-26(35-27)13-23(38)22-14-34-25(15-33-22)36-10-7-19(8-11-36)28(39)40;/h5-6,12,14-15,18-19H,3-4,7-11,13,16H2,1-2H3,(H,39,40);1H4/t18-;/m1./s1. The molecule has 1 atom stereocenters. The first-order chi connectivity index (χ1) is 19.5. The van der Waals surface area contributed by atoms with Crippen molar-refractivity contribution >= 4 is 28.9 Å². The van der Waals surface area contributed by atoms with Gasteiger partial charge in [0.25, 0.3) is 0 Å². The van der Waals surface area contributed by atoms with Gasteiger partial charge in [-0.1, -0.05) is 19.6 Å². The molecule has 2 saturated heterocycles. The average molecular weight is 604 g/mol. The number of Topliss-reactive ketones (excluding diaryl/α,β-unsaturated/α-hetero) is 1. The number of carboxylic acid groups (broad SMARTS) is 1. The number of nitrogens with zero attached hydrogens (tertiary/aromatic N) is 5. The zero-order chi connectivity index (χ0) is 29.3. The molecule has 2 fully saturated rings. The number of piperidine rings is 1. The SMILES string of the molecule is C.Cc1ccc(-c2nc(CC(=O)c3cnc(N4CCC(C(=O)O)CC4)cn3)sc2CN2CCC[C@H]2C)cc1C(F)(F)F. The first-order valence-corrected chi connectivity index (χ1v) is 14.5. The van der Waals surface area contributed by atoms with E-state index in [0.717, 1.165) is 30.3 Å². The van der Waals surface area contributed by atoms with E-state index in [0.29, 0.717) is 60.6 Å². The summed E-state index contributed by atoms with van der Waals surface area (Å²) in [6.07, 6.45) is 1.59. The van der Waals surface area contributed by atoms with Crippen LogP contribution in [0.15, 0.2) is 30.6 Å². The Morgan fingerprint density at radius 3 is 2.43 bits per heavy atom. The maximum absolute atomic E-state index is 13.7. The first kappa shape index (κ1) is 31.6. The highest BCUT2D eigenvalue weighted by Crippen LogP contribution is 2.37. The molecule has 0 bridgehead atoms. The number of likely N-dealkylation sites (tertiary alicyclic amines) is 1. The molecule has 1 aromatic carbocycles. The molecule has 0 radical (unpaired) electrons. The number of hydrogen-bond acceptors (Lipinski definition) is 8. The van der Waals surface area contributed by atoms with Crippen molar-refractivity contribution < 1.29 is 27.9 Å². The largest absolute Gasteiger partial charge is 0.481 e. The van der Waals surface area contributed by atoms with Crippen molar-refractivity contribution in [2.24, 2.45) is 5.92 Å². The van der Waals surface area contributed by atoms with Crippen LogP contribution in [0.5, 0.6) is 0 Å². The molecule has 4 heterocycles. The van der Waals surface area contributed by atoms with E-state index in [4.69, 9.17) is 0 Å². The Morgan fingerprint density at radius 2 is 1.83 bits per heavy atom. The van der Waals surface area contributed by atoms with Gasteiger partial charge in [-0.15, -0.1) is 11.3 Å². The summed E-state index contributed by atoms with van der Waals surface area (Å²) in [7, 11) is 0. The van der Waals surface area contributed by atoms with Crippen molar-refractivity contribution in [1.29, 1.82) is 0 Å². The molecule has 8 nitrogen and oxygen atoms in total. The lowest BCUT2D eigenvalue weighted by Crippen LogP contribution is -2.36. The number of aliphatic carboxylic acids is 1. The van der Waals surface area contributed by atoms with Crippen molar-refractivity contribution in [3.63, 3.8) is 0 Å². The second-order valence-electron chi connectivity index (χ2n) is 10.8. The lowest BCUT2D eigenvalue weighted by molar-refractivity contribution is -0.142. The van der Waals surface area contributed by atoms with Gasteiger partial charge in [0.15, 0.2) is 5.78 Å². The molecule has 0 spiro atoms. The number of ketones is 1. The van der Waals surface area contributed by atoms with Gasteiger partial charge in [0, 0.05) is 36.1 Å². The summed E-state index contributed by atoms with van der Waals surface area (Å²) in [5, 5.41) is 9.72. The number of aryl methyl sites for hydroxylation is 1. The number of rotatable bonds is 8. The van der Waals surface area contributed by atoms with E-state index in [-0.39, 0.29) is 36.8 Å². The van der Waals surface area contributed by atoms with Gasteiger partial charge in [-0.3, -0.25) is 14.5 Å². The molecule has 5 rings (SSSR count). The third-order valence-corrected chi connectivity index (χ3v) is 9.04. The number of alkyl halides is 3. The number of carbonyl (C=O) groups is 2. The molecule has 0 saturated carbocycles. The summed E-state index contributed by atoms with van der Waals surface area (Å²) in [4.78, 5) is 42.8. The minimum absolute atomic E-state index is 0. The van der Waals surface area contributed by atoms with Crippen molar-refractivity contribution in [3.05, 3.63) is 57.3 Å². The predicted octanol–water partition coefficient (Wildman–Crippen LogP) is 6.27. The molecule has 3 aromatic rings. The number of hydrogen-bond donors (Lipinski definition) is 1. The van der Waals surface area contributed by atoms with Crippen molar-refractivity contribution in [3.8, 4) is 11.3 Å². The molecule has 0 aliphatic carbocycles. The monoisotopic (exact) mass is 603 g/mol. The predicted molar refractivity (Wildman–Crippen MR) is 156 cm³/mol. The molecule has 2 aromatic heterocycles. The number of halogens is 3. The Labute approximate surface area is 247 Å². The van der Waals surface area contributed by atoms with Gasteiger partial charge in [0.05, 0.1) is 36.0 Å². The lowest BCUT2D eigenvalue weighted by Gasteiger charge is -2.30. The average Bonchev–Trinajstić information content (AvgIpc) is 3.53. The van der Waals surface area contributed by atoms with Crippen LogP contribution in [-0.2, 0) is 23.9 Å². The van der Waals surface area contributed by atoms with Crippen molar-refractivity contribution in [2.45, 2.75) is 72.1 Å². The number of thiazole rings is 1. The normalized spacial score (nSPS) is 18.2. The summed E-state index contributed by atoms with van der Waals surface area (Å²) in [5.41, 5.74) is 0.498. The van der Waals surface area contributed by atoms with E-state index >= 15 is 0 Å². The highest BCUT2D eigenvalue weighted by atomic mass is 32.1. The van der Waals surface area contributed by atoms with Crippen LogP contribution in [0, 0.1) is 12.8 Å². The van der Waals surface area contributed by atoms with E-state index in [1.165, 1.54) is 36.7 Å². The van der Waals surface area contributed by atoms with Crippen molar-refractivity contribution in [1.82, 2.24) is 19.9 Å². The van der Waals surface area contributed by atoms with E-state index in [2.05, 4.69) is 26.8 Å². The van der Waals surface area contributed by atoms with Gasteiger partial charge in [0.1, 0.15) is 16.5 Å². The molecule has 0 unspecified atom stereocenters. The fourth-order valence-corrected chi connectivity index (χ4v) is 6.62. The topological polar surface area (TPSA) is 99.5 Å². The minimum atomic E-state index is -4.48. The van der Waals surface area contributed by atoms with Crippen LogP contribution >= 0.6 is 11.3 Å². The van der Waals surface area contributed by atoms with Gasteiger partial charge >= 0.3 is 12.1 Å². The Balaban J connectivity index is 0.00000405. The number of aromatic nitrogens is 3. The lowest BCUT2D eigenvalue weighted by atomic mass is 9.97. The molecular weight excluding hydrogens is 567 g/mol. The molecule has 0 amide bonds. The third kappa shape index (κ3) is 6.97. The molecule has 42 heavy (non-hydrogen) atoms. The van der Waals surface area contributed by atoms with Crippen LogP contribution in [0.3, 0.4) is 0 Å². The first-order valence-electron chi connectivity index (χ1n) is 13.7. The Hall–Kier alpha value is -3.38. The van der Waals surface area contributed by atoms with Gasteiger partial charge in [-0.2, -0.15) is 13.2 Å². The molecule has 2 aliphatic heterocycles. The highest BCUT2D eigenvalue weighted by molar-refractivity contribution is 7.12. The van der Waals surface area contributed by atoms with Gasteiger partial charge in [-0.05, 0) is 57.7 Å². The summed E-state index contributed by atoms with van der Waals surface area (Å²) in [6.45, 7) is 6.15. The fraction of sp³-hybridized carbons (Fsp3) is 0.500. The molecule has 2 aliphatic rings. The van der Waals surface area contributed by atoms with Gasteiger partial charge < -0.3 is 10.0 Å². The van der Waals surface area contributed by atoms with E-state index in [1.807, 2.05) is 4.90 Å². The smallest absolute Gasteiger partial charge is 0.416 e. The second-order valence-corrected chi connectivity index (χ2v) is 12.0. The number of carboxylic acids is 1. The third-order valence-electron chi connectivity index (χ3n) is 8.00. The van der Waals surface area contributed by atoms with Gasteiger partial charge in [0.2, 0.25) is 0 Å². The summed E-state index contributed by atoms with van der Waals surface area (Å²) in [5.74, 6) is -0.844. The van der Waals surface area contributed by atoms with Crippen molar-refractivity contribution in [2.75, 3.05) is 24.5 Å². The summed E-state index contributed by atoms with van der Waals surface area (Å²) < 4.78 is 41.0. The van der Waals surface area contributed by atoms with E-state index in [9.17, 15) is 27.9 Å². The Bertz CT molecular complexity index is 1420. The Kier molecular flexibility index (Phi) is 9.67. The van der Waals surface area contributed by atoms with E-state index < -0.39 is 17.7 Å². The second kappa shape index (κ2) is 12.9. The highest BCUT2D eigenvalue weighted by Gasteiger charge is 2.33. The van der Waals surface area contributed by atoms with Crippen LogP contribution < -0.4 is 4.90 Å². The van der Waals surface area contributed by atoms with Crippen LogP contribution in [0.1, 0.15) is 71.5 Å². The quantitative estimate of drug-likeness (QED) is 0.301. The number of anilines is 1. The van der Waals surface area contributed by atoms with Crippen LogP contribution in [0.2, 0.25) is 0 Å². The maximum atomic E-state index is 13.7. The number of benzene rings is 1. The zero-order valence-corrected chi connectivity index (χ0v) is 23.8. The number of carbonyl (C=O) groups excluding carboxylic acids is 1. The van der Waals surface area contributed by atoms with E-state index in [1.54, 1.807) is 6.07 Å². The van der Waals surface area contributed by atoms with Crippen LogP contribution in [0.25, 0.3) is 11.3 Å². The molecule has 226 valence electrons. The molecule has 12 heteroatoms. The fourth-order valence-electron chi connectivity index (χ4n) is 5.51. The summed E-state index contributed by atoms with van der Waals surface area (Å²) in [6, 6.07) is 4.64. The van der Waals surface area contributed by atoms with Crippen LogP contribution in [-0.4, -0.2) is 62.4 Å². The molecular formula is C30H36F3N5O3S. The van der Waals surface area contributed by atoms with Crippen LogP contribution in [0.4, 0.5) is 19.0 Å². The maximum Gasteiger partial charge on any atom is 0.416 e. The summed E-state index contributed by atoms with van der Waals surface area (Å²) >= 11 is 1.35. The van der Waals surface area contributed by atoms with Gasteiger partial charge in [-0.25, -0.2) is 15.0 Å². The Morgan fingerprint density at radius 1 is 1.10 bits per heavy atom. The minimum Gasteiger partial charge on any atom is -0.481 e. The molecule has 1 N–H and O–H groups in total. The zero-order valence-electron chi connectivity index (χ0n) is 22.9.